The van der Waals surface area contributed by atoms with Crippen molar-refractivity contribution in [1.82, 2.24) is 10.3 Å². The van der Waals surface area contributed by atoms with Gasteiger partial charge in [0, 0.05) is 22.7 Å². The quantitative estimate of drug-likeness (QED) is 0.440. The third-order valence-electron chi connectivity index (χ3n) is 7.15. The van der Waals surface area contributed by atoms with Crippen LogP contribution in [0.5, 0.6) is 0 Å². The lowest BCUT2D eigenvalue weighted by atomic mass is 9.64. The van der Waals surface area contributed by atoms with E-state index in [4.69, 9.17) is 14.5 Å². The Morgan fingerprint density at radius 1 is 1.03 bits per heavy atom. The van der Waals surface area contributed by atoms with E-state index in [0.29, 0.717) is 16.4 Å². The van der Waals surface area contributed by atoms with Crippen molar-refractivity contribution in [3.63, 3.8) is 0 Å². The van der Waals surface area contributed by atoms with Gasteiger partial charge in [0.2, 0.25) is 0 Å². The molecule has 4 rings (SSSR count). The normalized spacial score (nSPS) is 21.3. The van der Waals surface area contributed by atoms with Gasteiger partial charge in [-0.3, -0.25) is 4.79 Å². The molecular formula is C29H33N3O4S. The molecule has 0 bridgehead atoms. The molecule has 7 nitrogen and oxygen atoms in total. The van der Waals surface area contributed by atoms with Crippen LogP contribution in [0.3, 0.4) is 0 Å². The largest absolute Gasteiger partial charge is 0.468 e. The fraction of sp³-hybridized carbons (Fsp3) is 0.345. The molecule has 194 valence electrons. The lowest BCUT2D eigenvalue weighted by Gasteiger charge is -2.47. The molecule has 0 spiro atoms. The van der Waals surface area contributed by atoms with Gasteiger partial charge in [-0.05, 0) is 51.3 Å². The molecule has 2 heterocycles. The molecule has 3 unspecified atom stereocenters. The predicted molar refractivity (Wildman–Crippen MR) is 147 cm³/mol. The molecule has 0 saturated carbocycles. The summed E-state index contributed by atoms with van der Waals surface area (Å²) >= 11 is 1.43. The summed E-state index contributed by atoms with van der Waals surface area (Å²) in [5.74, 6) is -0.993. The molecule has 1 aromatic heterocycles. The number of benzene rings is 2. The number of carbonyl (C=O) groups is 2. The Morgan fingerprint density at radius 3 is 2.27 bits per heavy atom. The van der Waals surface area contributed by atoms with Crippen molar-refractivity contribution >= 4 is 28.4 Å². The van der Waals surface area contributed by atoms with Gasteiger partial charge in [-0.15, -0.1) is 11.3 Å². The van der Waals surface area contributed by atoms with Gasteiger partial charge in [-0.2, -0.15) is 0 Å². The van der Waals surface area contributed by atoms with Crippen molar-refractivity contribution in [3.05, 3.63) is 81.4 Å². The van der Waals surface area contributed by atoms with E-state index >= 15 is 0 Å². The monoisotopic (exact) mass is 519 g/mol. The highest BCUT2D eigenvalue weighted by molar-refractivity contribution is 7.14. The number of anilines is 1. The Kier molecular flexibility index (Phi) is 7.41. The summed E-state index contributed by atoms with van der Waals surface area (Å²) in [6, 6.07) is 12.5. The first-order valence-corrected chi connectivity index (χ1v) is 13.0. The predicted octanol–water partition coefficient (Wildman–Crippen LogP) is 5.07. The second-order valence-electron chi connectivity index (χ2n) is 9.51. The average Bonchev–Trinajstić information content (AvgIpc) is 3.31. The van der Waals surface area contributed by atoms with Crippen molar-refractivity contribution in [2.75, 3.05) is 19.5 Å². The summed E-state index contributed by atoms with van der Waals surface area (Å²) in [5.41, 5.74) is 5.81. The number of rotatable bonds is 6. The highest BCUT2D eigenvalue weighted by atomic mass is 32.1. The number of aromatic nitrogens is 1. The first-order valence-electron chi connectivity index (χ1n) is 12.1. The number of methoxy groups -OCH3 is 2. The summed E-state index contributed by atoms with van der Waals surface area (Å²) < 4.78 is 10.6. The minimum atomic E-state index is -1.28. The van der Waals surface area contributed by atoms with Crippen molar-refractivity contribution in [1.29, 1.82) is 0 Å². The smallest absolute Gasteiger partial charge is 0.337 e. The van der Waals surface area contributed by atoms with Gasteiger partial charge in [-0.1, -0.05) is 48.0 Å². The lowest BCUT2D eigenvalue weighted by molar-refractivity contribution is -0.149. The topological polar surface area (TPSA) is 89.5 Å². The number of nitrogens with one attached hydrogen (secondary N) is 2. The summed E-state index contributed by atoms with van der Waals surface area (Å²) in [6.07, 6.45) is 0. The van der Waals surface area contributed by atoms with Gasteiger partial charge in [0.1, 0.15) is 5.41 Å². The number of esters is 2. The van der Waals surface area contributed by atoms with E-state index in [1.54, 1.807) is 0 Å². The summed E-state index contributed by atoms with van der Waals surface area (Å²) in [6.45, 7) is 9.97. The molecule has 3 aromatic rings. The summed E-state index contributed by atoms with van der Waals surface area (Å²) in [7, 11) is 2.70. The molecule has 3 atom stereocenters. The van der Waals surface area contributed by atoms with Crippen molar-refractivity contribution in [2.45, 2.75) is 52.1 Å². The number of ether oxygens (including phenoxy) is 2. The number of nitrogens with zero attached hydrogens (tertiary/aromatic N) is 1. The third-order valence-corrected chi connectivity index (χ3v) is 7.92. The Labute approximate surface area is 221 Å². The molecule has 2 N–H and O–H groups in total. The van der Waals surface area contributed by atoms with Crippen LogP contribution in [0.15, 0.2) is 59.1 Å². The van der Waals surface area contributed by atoms with E-state index in [9.17, 15) is 9.59 Å². The molecule has 0 radical (unpaired) electrons. The number of hydrogen-bond donors (Lipinski definition) is 2. The minimum absolute atomic E-state index is 0.328. The summed E-state index contributed by atoms with van der Waals surface area (Å²) in [5, 5.41) is 9.38. The lowest BCUT2D eigenvalue weighted by Crippen LogP contribution is -2.65. The van der Waals surface area contributed by atoms with Crippen LogP contribution in [-0.2, 0) is 24.5 Å². The van der Waals surface area contributed by atoms with Gasteiger partial charge in [0.15, 0.2) is 5.13 Å². The fourth-order valence-electron chi connectivity index (χ4n) is 5.65. The maximum absolute atomic E-state index is 13.7. The van der Waals surface area contributed by atoms with Crippen LogP contribution in [0.2, 0.25) is 0 Å². The van der Waals surface area contributed by atoms with Gasteiger partial charge < -0.3 is 20.1 Å². The van der Waals surface area contributed by atoms with Crippen LogP contribution in [0, 0.1) is 20.8 Å². The SMILES string of the molecule is COC(=O)C1=C(C)NC(C)C(C(=O)OC)(c2ccccc2)C1Nc1nc(-c2c(C)cc(C)cc2C)cs1. The molecule has 1 aliphatic rings. The first kappa shape index (κ1) is 26.4. The zero-order valence-corrected chi connectivity index (χ0v) is 23.1. The maximum atomic E-state index is 13.7. The standard InChI is InChI=1S/C29H33N3O4S/c1-16-13-17(2)23(18(3)14-16)22-15-37-28(31-22)32-25-24(26(33)35-6)19(4)30-20(5)29(25,27(34)36-7)21-11-9-8-10-12-21/h8-15,20,25,30H,1-7H3,(H,31,32). The van der Waals surface area contributed by atoms with Crippen LogP contribution in [0.4, 0.5) is 5.13 Å². The van der Waals surface area contributed by atoms with E-state index in [2.05, 4.69) is 43.5 Å². The van der Waals surface area contributed by atoms with E-state index in [1.807, 2.05) is 49.6 Å². The Hall–Kier alpha value is -3.65. The van der Waals surface area contributed by atoms with Gasteiger partial charge in [0.05, 0.1) is 31.5 Å². The van der Waals surface area contributed by atoms with E-state index in [1.165, 1.54) is 31.1 Å². The number of thiazole rings is 1. The molecule has 37 heavy (non-hydrogen) atoms. The van der Waals surface area contributed by atoms with Crippen LogP contribution >= 0.6 is 11.3 Å². The molecular weight excluding hydrogens is 486 g/mol. The van der Waals surface area contributed by atoms with Crippen LogP contribution in [0.25, 0.3) is 11.3 Å². The van der Waals surface area contributed by atoms with Crippen LogP contribution in [0.1, 0.15) is 36.1 Å². The Bertz CT molecular complexity index is 1340. The van der Waals surface area contributed by atoms with Crippen LogP contribution in [-0.4, -0.2) is 43.2 Å². The first-order chi connectivity index (χ1) is 17.6. The maximum Gasteiger partial charge on any atom is 0.337 e. The van der Waals surface area contributed by atoms with Crippen LogP contribution < -0.4 is 10.6 Å². The third kappa shape index (κ3) is 4.50. The number of allylic oxidation sites excluding steroid dienone is 1. The van der Waals surface area contributed by atoms with Gasteiger partial charge in [0.25, 0.3) is 0 Å². The number of carbonyl (C=O) groups excluding carboxylic acids is 2. The zero-order chi connectivity index (χ0) is 26.9. The average molecular weight is 520 g/mol. The summed E-state index contributed by atoms with van der Waals surface area (Å²) in [4.78, 5) is 31.8. The highest BCUT2D eigenvalue weighted by Crippen LogP contribution is 2.43. The van der Waals surface area contributed by atoms with Gasteiger partial charge in [-0.25, -0.2) is 9.78 Å². The van der Waals surface area contributed by atoms with E-state index in [-0.39, 0.29) is 0 Å². The number of hydrogen-bond acceptors (Lipinski definition) is 8. The Balaban J connectivity index is 1.90. The molecule has 0 saturated heterocycles. The molecule has 0 fully saturated rings. The molecule has 8 heteroatoms. The van der Waals surface area contributed by atoms with E-state index in [0.717, 1.165) is 27.9 Å². The number of aryl methyl sites for hydroxylation is 3. The van der Waals surface area contributed by atoms with Crippen molar-refractivity contribution in [3.8, 4) is 11.3 Å². The molecule has 1 aliphatic heterocycles. The molecule has 0 amide bonds. The zero-order valence-electron chi connectivity index (χ0n) is 22.3. The fourth-order valence-corrected chi connectivity index (χ4v) is 6.38. The highest BCUT2D eigenvalue weighted by Gasteiger charge is 2.58. The molecule has 0 aliphatic carbocycles. The van der Waals surface area contributed by atoms with E-state index < -0.39 is 29.4 Å². The van der Waals surface area contributed by atoms with Crippen molar-refractivity contribution < 1.29 is 19.1 Å². The minimum Gasteiger partial charge on any atom is -0.468 e. The second-order valence-corrected chi connectivity index (χ2v) is 10.4. The Morgan fingerprint density at radius 2 is 1.68 bits per heavy atom. The van der Waals surface area contributed by atoms with Gasteiger partial charge >= 0.3 is 11.9 Å². The second kappa shape index (κ2) is 10.4. The van der Waals surface area contributed by atoms with Crippen molar-refractivity contribution in [2.24, 2.45) is 0 Å². The molecule has 2 aromatic carbocycles.